The number of hydrogen-bond donors (Lipinski definition) is 2. The third-order valence-electron chi connectivity index (χ3n) is 5.06. The van der Waals surface area contributed by atoms with Crippen LogP contribution in [0.2, 0.25) is 0 Å². The van der Waals surface area contributed by atoms with Gasteiger partial charge in [-0.1, -0.05) is 12.1 Å². The normalized spacial score (nSPS) is 15.6. The quantitative estimate of drug-likeness (QED) is 0.318. The molecule has 0 unspecified atom stereocenters. The first kappa shape index (κ1) is 22.5. The number of carbonyl (C=O) groups is 1. The molecule has 0 radical (unpaired) electrons. The van der Waals surface area contributed by atoms with Gasteiger partial charge >= 0.3 is 5.97 Å². The molecule has 33 heavy (non-hydrogen) atoms. The van der Waals surface area contributed by atoms with E-state index >= 15 is 0 Å². The van der Waals surface area contributed by atoms with Crippen LogP contribution in [0.1, 0.15) is 16.2 Å². The summed E-state index contributed by atoms with van der Waals surface area (Å²) < 4.78 is 36.9. The minimum Gasteiger partial charge on any atom is -0.507 e. The Hall–Kier alpha value is -3.72. The van der Waals surface area contributed by atoms with Crippen molar-refractivity contribution in [3.63, 3.8) is 0 Å². The maximum Gasteiger partial charge on any atom is 0.338 e. The number of esters is 1. The van der Waals surface area contributed by atoms with Crippen molar-refractivity contribution in [2.24, 2.45) is 0 Å². The number of nitrogens with zero attached hydrogens (tertiary/aromatic N) is 3. The number of nitrogens with one attached hydrogen (secondary N) is 1. The van der Waals surface area contributed by atoms with Gasteiger partial charge in [0.25, 0.3) is 0 Å². The van der Waals surface area contributed by atoms with E-state index in [1.165, 1.54) is 28.6 Å². The minimum atomic E-state index is -3.68. The number of benzene rings is 2. The zero-order valence-corrected chi connectivity index (χ0v) is 18.2. The predicted octanol–water partition coefficient (Wildman–Crippen LogP) is 2.23. The van der Waals surface area contributed by atoms with Crippen LogP contribution in [-0.2, 0) is 19.5 Å². The lowest BCUT2D eigenvalue weighted by molar-refractivity contribution is 0.0502. The highest BCUT2D eigenvalue weighted by Gasteiger charge is 2.26. The first-order chi connectivity index (χ1) is 15.9. The Balaban J connectivity index is 1.45. The number of sulfonamides is 1. The summed E-state index contributed by atoms with van der Waals surface area (Å²) in [6.45, 7) is 0.653. The predicted molar refractivity (Wildman–Crippen MR) is 118 cm³/mol. The fourth-order valence-electron chi connectivity index (χ4n) is 3.31. The van der Waals surface area contributed by atoms with E-state index in [9.17, 15) is 23.6 Å². The van der Waals surface area contributed by atoms with Gasteiger partial charge in [0, 0.05) is 13.1 Å². The van der Waals surface area contributed by atoms with Crippen molar-refractivity contribution in [2.75, 3.05) is 32.9 Å². The summed E-state index contributed by atoms with van der Waals surface area (Å²) in [7, 11) is -3.68. The van der Waals surface area contributed by atoms with Crippen LogP contribution in [0.15, 0.2) is 59.2 Å². The third kappa shape index (κ3) is 4.73. The summed E-state index contributed by atoms with van der Waals surface area (Å²) in [5.41, 5.74) is 1.27. The first-order valence-corrected chi connectivity index (χ1v) is 11.5. The molecule has 2 aromatic carbocycles. The van der Waals surface area contributed by atoms with Crippen molar-refractivity contribution in [3.8, 4) is 6.07 Å². The van der Waals surface area contributed by atoms with Crippen LogP contribution in [0.25, 0.3) is 16.6 Å². The van der Waals surface area contributed by atoms with Gasteiger partial charge in [-0.25, -0.2) is 18.2 Å². The van der Waals surface area contributed by atoms with Crippen LogP contribution >= 0.6 is 0 Å². The number of aromatic amines is 1. The lowest BCUT2D eigenvalue weighted by Crippen LogP contribution is -2.40. The van der Waals surface area contributed by atoms with E-state index in [0.29, 0.717) is 24.2 Å². The summed E-state index contributed by atoms with van der Waals surface area (Å²) in [5.74, 6) is -1.08. The van der Waals surface area contributed by atoms with E-state index < -0.39 is 28.4 Å². The Morgan fingerprint density at radius 2 is 1.88 bits per heavy atom. The van der Waals surface area contributed by atoms with E-state index in [2.05, 4.69) is 9.97 Å². The molecule has 2 heterocycles. The van der Waals surface area contributed by atoms with Crippen molar-refractivity contribution in [1.29, 1.82) is 5.26 Å². The Bertz CT molecular complexity index is 1320. The van der Waals surface area contributed by atoms with Gasteiger partial charge in [-0.3, -0.25) is 0 Å². The molecule has 1 aromatic heterocycles. The maximum absolute atomic E-state index is 12.7. The van der Waals surface area contributed by atoms with Gasteiger partial charge in [-0.2, -0.15) is 9.57 Å². The summed E-state index contributed by atoms with van der Waals surface area (Å²) in [4.78, 5) is 19.6. The van der Waals surface area contributed by atoms with E-state index in [4.69, 9.17) is 9.47 Å². The van der Waals surface area contributed by atoms with Gasteiger partial charge in [0.15, 0.2) is 11.6 Å². The molecule has 0 amide bonds. The monoisotopic (exact) mass is 468 g/mol. The number of carbonyl (C=O) groups excluding carboxylic acids is 1. The fourth-order valence-corrected chi connectivity index (χ4v) is 4.72. The highest BCUT2D eigenvalue weighted by molar-refractivity contribution is 7.89. The Morgan fingerprint density at radius 1 is 1.18 bits per heavy atom. The number of aliphatic hydroxyl groups excluding tert-OH is 1. The molecule has 170 valence electrons. The number of fused-ring (bicyclic) bond motifs is 1. The van der Waals surface area contributed by atoms with E-state index in [0.717, 1.165) is 0 Å². The number of aliphatic hydroxyl groups is 1. The molecule has 3 aromatic rings. The first-order valence-electron chi connectivity index (χ1n) is 10.0. The third-order valence-corrected chi connectivity index (χ3v) is 6.98. The van der Waals surface area contributed by atoms with Crippen molar-refractivity contribution in [3.05, 3.63) is 65.7 Å². The zero-order valence-electron chi connectivity index (χ0n) is 17.4. The highest BCUT2D eigenvalue weighted by Crippen LogP contribution is 2.20. The van der Waals surface area contributed by atoms with Crippen LogP contribution in [0.3, 0.4) is 0 Å². The van der Waals surface area contributed by atoms with Gasteiger partial charge in [-0.15, -0.1) is 0 Å². The number of morpholine rings is 1. The molecule has 1 saturated heterocycles. The molecule has 0 spiro atoms. The second-order valence-corrected chi connectivity index (χ2v) is 9.09. The molecule has 0 saturated carbocycles. The van der Waals surface area contributed by atoms with Gasteiger partial charge < -0.3 is 19.6 Å². The molecule has 11 heteroatoms. The summed E-state index contributed by atoms with van der Waals surface area (Å²) in [6.07, 6.45) is 0. The number of para-hydroxylation sites is 2. The topological polar surface area (TPSA) is 146 Å². The minimum absolute atomic E-state index is 0.0559. The molecular weight excluding hydrogens is 448 g/mol. The zero-order chi connectivity index (χ0) is 23.4. The number of rotatable bonds is 6. The number of ether oxygens (including phenoxy) is 2. The summed E-state index contributed by atoms with van der Waals surface area (Å²) >= 11 is 0. The van der Waals surface area contributed by atoms with Crippen molar-refractivity contribution in [2.45, 2.75) is 4.90 Å². The number of imidazole rings is 1. The smallest absolute Gasteiger partial charge is 0.338 e. The maximum atomic E-state index is 12.7. The summed E-state index contributed by atoms with van der Waals surface area (Å²) in [5, 5.41) is 19.7. The average molecular weight is 468 g/mol. The van der Waals surface area contributed by atoms with Crippen LogP contribution in [0.4, 0.5) is 0 Å². The molecule has 0 aliphatic carbocycles. The molecule has 0 atom stereocenters. The van der Waals surface area contributed by atoms with Crippen molar-refractivity contribution < 1.29 is 27.8 Å². The average Bonchev–Trinajstić information content (AvgIpc) is 3.27. The van der Waals surface area contributed by atoms with Crippen LogP contribution in [-0.4, -0.2) is 66.7 Å². The van der Waals surface area contributed by atoms with Crippen LogP contribution in [0, 0.1) is 11.3 Å². The van der Waals surface area contributed by atoms with E-state index in [-0.39, 0.29) is 34.9 Å². The molecule has 10 nitrogen and oxygen atoms in total. The lowest BCUT2D eigenvalue weighted by atomic mass is 10.2. The van der Waals surface area contributed by atoms with Crippen LogP contribution < -0.4 is 0 Å². The lowest BCUT2D eigenvalue weighted by Gasteiger charge is -2.26. The summed E-state index contributed by atoms with van der Waals surface area (Å²) in [6, 6.07) is 14.3. The number of nitriles is 1. The molecular formula is C22H20N4O6S. The molecule has 1 aliphatic heterocycles. The fraction of sp³-hybridized carbons (Fsp3) is 0.227. The number of allylic oxidation sites excluding steroid dienone is 1. The second kappa shape index (κ2) is 9.41. The molecule has 0 bridgehead atoms. The van der Waals surface area contributed by atoms with Crippen LogP contribution in [0.5, 0.6) is 0 Å². The Labute approximate surface area is 189 Å². The Morgan fingerprint density at radius 3 is 2.55 bits per heavy atom. The number of H-pyrrole nitrogens is 1. The Kier molecular flexibility index (Phi) is 6.41. The van der Waals surface area contributed by atoms with Gasteiger partial charge in [-0.05, 0) is 36.4 Å². The largest absolute Gasteiger partial charge is 0.507 e. The van der Waals surface area contributed by atoms with Crippen molar-refractivity contribution >= 4 is 32.6 Å². The standard InChI is InChI=1S/C22H20N4O6S/c23-13-17(21-24-18-3-1-2-4-19(18)25-21)20(27)14-32-22(28)15-5-7-16(8-6-15)33(29,30)26-9-11-31-12-10-26/h1-8,27H,9-12,14H2,(H,24,25). The van der Waals surface area contributed by atoms with E-state index in [1.54, 1.807) is 24.3 Å². The van der Waals surface area contributed by atoms with Gasteiger partial charge in [0.1, 0.15) is 18.2 Å². The molecule has 1 aliphatic rings. The molecule has 1 fully saturated rings. The number of hydrogen-bond acceptors (Lipinski definition) is 8. The van der Waals surface area contributed by atoms with E-state index in [1.807, 2.05) is 6.07 Å². The van der Waals surface area contributed by atoms with Gasteiger partial charge in [0.2, 0.25) is 10.0 Å². The van der Waals surface area contributed by atoms with Crippen molar-refractivity contribution in [1.82, 2.24) is 14.3 Å². The van der Waals surface area contributed by atoms with Gasteiger partial charge in [0.05, 0.1) is 34.7 Å². The SMILES string of the molecule is N#CC(=C(O)COC(=O)c1ccc(S(=O)(=O)N2CCOCC2)cc1)c1nc2ccccc2[nH]1. The highest BCUT2D eigenvalue weighted by atomic mass is 32.2. The molecule has 2 N–H and O–H groups in total. The number of aromatic nitrogens is 2. The second-order valence-electron chi connectivity index (χ2n) is 7.15. The molecule has 4 rings (SSSR count).